The number of carbonyl (C=O) groups is 2. The van der Waals surface area contributed by atoms with Gasteiger partial charge in [-0.15, -0.1) is 0 Å². The number of hydroxylamine groups is 1. The number of carbonyl (C=O) groups excluding carboxylic acids is 2. The lowest BCUT2D eigenvalue weighted by Gasteiger charge is -2.29. The quantitative estimate of drug-likeness (QED) is 0.717. The summed E-state index contributed by atoms with van der Waals surface area (Å²) >= 11 is 6.22. The highest BCUT2D eigenvalue weighted by atomic mass is 35.5. The van der Waals surface area contributed by atoms with Crippen LogP contribution in [0.3, 0.4) is 0 Å². The number of imide groups is 1. The van der Waals surface area contributed by atoms with Crippen molar-refractivity contribution in [3.8, 4) is 0 Å². The van der Waals surface area contributed by atoms with Crippen molar-refractivity contribution in [2.75, 3.05) is 9.96 Å². The number of halogens is 1. The van der Waals surface area contributed by atoms with E-state index in [0.717, 1.165) is 12.1 Å². The van der Waals surface area contributed by atoms with Crippen LogP contribution < -0.4 is 9.96 Å². The van der Waals surface area contributed by atoms with Gasteiger partial charge in [0.05, 0.1) is 23.3 Å². The van der Waals surface area contributed by atoms with Gasteiger partial charge in [-0.25, -0.2) is 9.96 Å². The highest BCUT2D eigenvalue weighted by Gasteiger charge is 2.59. The molecule has 2 aliphatic heterocycles. The molecule has 5 nitrogen and oxygen atoms in total. The maximum absolute atomic E-state index is 13.4. The van der Waals surface area contributed by atoms with Crippen LogP contribution in [0.2, 0.25) is 5.02 Å². The zero-order chi connectivity index (χ0) is 20.0. The van der Waals surface area contributed by atoms with Gasteiger partial charge < -0.3 is 0 Å². The van der Waals surface area contributed by atoms with Crippen LogP contribution in [-0.4, -0.2) is 24.0 Å². The average Bonchev–Trinajstić information content (AvgIpc) is 3.15. The van der Waals surface area contributed by atoms with Crippen LogP contribution in [-0.2, 0) is 14.4 Å². The summed E-state index contributed by atoms with van der Waals surface area (Å²) in [5.41, 5.74) is 2.11. The largest absolute Gasteiger partial charge is 0.273 e. The number of anilines is 2. The number of fused-ring (bicyclic) bond motifs is 1. The van der Waals surface area contributed by atoms with E-state index >= 15 is 0 Å². The molecule has 0 radical (unpaired) electrons. The number of para-hydroxylation sites is 1. The molecule has 0 spiro atoms. The van der Waals surface area contributed by atoms with E-state index in [0.29, 0.717) is 22.2 Å². The van der Waals surface area contributed by atoms with Crippen molar-refractivity contribution in [1.29, 1.82) is 0 Å². The molecule has 2 amide bonds. The zero-order valence-electron chi connectivity index (χ0n) is 16.1. The van der Waals surface area contributed by atoms with Crippen LogP contribution in [0.4, 0.5) is 11.4 Å². The summed E-state index contributed by atoms with van der Waals surface area (Å²) in [6.45, 7) is 6.03. The molecule has 0 N–H and O–H groups in total. The second-order valence-electron chi connectivity index (χ2n) is 7.81. The van der Waals surface area contributed by atoms with Crippen molar-refractivity contribution in [1.82, 2.24) is 0 Å². The first-order chi connectivity index (χ1) is 13.4. The lowest BCUT2D eigenvalue weighted by atomic mass is 9.90. The maximum atomic E-state index is 13.4. The molecule has 2 fully saturated rings. The van der Waals surface area contributed by atoms with Gasteiger partial charge in [0.25, 0.3) is 5.91 Å². The van der Waals surface area contributed by atoms with Gasteiger partial charge in [-0.05, 0) is 49.1 Å². The fraction of sp³-hybridized carbons (Fsp3) is 0.364. The Morgan fingerprint density at radius 1 is 1.04 bits per heavy atom. The molecular formula is C22H23ClN2O3. The third-order valence-electron chi connectivity index (χ3n) is 5.44. The van der Waals surface area contributed by atoms with Gasteiger partial charge >= 0.3 is 0 Å². The molecule has 146 valence electrons. The molecule has 2 heterocycles. The molecule has 0 saturated carbocycles. The van der Waals surface area contributed by atoms with E-state index in [1.807, 2.05) is 37.3 Å². The predicted octanol–water partition coefficient (Wildman–Crippen LogP) is 4.37. The third kappa shape index (κ3) is 2.99. The second-order valence-corrected chi connectivity index (χ2v) is 8.21. The van der Waals surface area contributed by atoms with Gasteiger partial charge in [0, 0.05) is 5.02 Å². The Morgan fingerprint density at radius 2 is 1.75 bits per heavy atom. The number of nitrogens with zero attached hydrogens (tertiary/aromatic N) is 2. The Kier molecular flexibility index (Phi) is 4.89. The van der Waals surface area contributed by atoms with Crippen LogP contribution >= 0.6 is 11.6 Å². The maximum Gasteiger partial charge on any atom is 0.266 e. The van der Waals surface area contributed by atoms with Gasteiger partial charge in [0.1, 0.15) is 0 Å². The van der Waals surface area contributed by atoms with Crippen LogP contribution in [0.5, 0.6) is 0 Å². The van der Waals surface area contributed by atoms with E-state index in [1.165, 1.54) is 4.90 Å². The molecule has 2 saturated heterocycles. The van der Waals surface area contributed by atoms with Crippen molar-refractivity contribution in [2.45, 2.75) is 39.3 Å². The number of rotatable bonds is 4. The van der Waals surface area contributed by atoms with Gasteiger partial charge in [-0.1, -0.05) is 49.7 Å². The first-order valence-corrected chi connectivity index (χ1v) is 9.92. The third-order valence-corrected chi connectivity index (χ3v) is 5.85. The molecule has 6 heteroatoms. The van der Waals surface area contributed by atoms with E-state index in [-0.39, 0.29) is 17.9 Å². The average molecular weight is 399 g/mol. The number of benzene rings is 2. The molecule has 0 aliphatic carbocycles. The van der Waals surface area contributed by atoms with Crippen molar-refractivity contribution in [3.63, 3.8) is 0 Å². The fourth-order valence-electron chi connectivity index (χ4n) is 4.12. The zero-order valence-corrected chi connectivity index (χ0v) is 16.9. The van der Waals surface area contributed by atoms with Crippen molar-refractivity contribution < 1.29 is 14.4 Å². The monoisotopic (exact) mass is 398 g/mol. The summed E-state index contributed by atoms with van der Waals surface area (Å²) in [7, 11) is 0. The summed E-state index contributed by atoms with van der Waals surface area (Å²) < 4.78 is 0. The second kappa shape index (κ2) is 7.22. The summed E-state index contributed by atoms with van der Waals surface area (Å²) in [6, 6.07) is 14.7. The van der Waals surface area contributed by atoms with Gasteiger partial charge in [-0.2, -0.15) is 0 Å². The normalized spacial score (nSPS) is 24.4. The Labute approximate surface area is 169 Å². The molecule has 0 aromatic heterocycles. The summed E-state index contributed by atoms with van der Waals surface area (Å²) in [4.78, 5) is 33.9. The summed E-state index contributed by atoms with van der Waals surface area (Å²) in [5, 5.41) is 2.29. The minimum absolute atomic E-state index is 0.201. The van der Waals surface area contributed by atoms with Gasteiger partial charge in [0.2, 0.25) is 5.91 Å². The molecular weight excluding hydrogens is 376 g/mol. The van der Waals surface area contributed by atoms with E-state index in [4.69, 9.17) is 16.4 Å². The van der Waals surface area contributed by atoms with Crippen molar-refractivity contribution >= 4 is 34.8 Å². The lowest BCUT2D eigenvalue weighted by molar-refractivity contribution is -0.126. The van der Waals surface area contributed by atoms with E-state index in [9.17, 15) is 9.59 Å². The van der Waals surface area contributed by atoms with Crippen molar-refractivity contribution in [3.05, 3.63) is 59.1 Å². The Hall–Kier alpha value is -2.37. The minimum Gasteiger partial charge on any atom is -0.273 e. The number of hydrogen-bond acceptors (Lipinski definition) is 4. The SMILES string of the molecule is Cc1c(Cl)cccc1N1C(=O)[C@H]2[C@H](ON(c3ccccc3)[C@@H]2CC(C)C)C1=O. The number of hydrogen-bond donors (Lipinski definition) is 0. The van der Waals surface area contributed by atoms with E-state index in [2.05, 4.69) is 13.8 Å². The molecule has 2 aliphatic rings. The first-order valence-electron chi connectivity index (χ1n) is 9.54. The fourth-order valence-corrected chi connectivity index (χ4v) is 4.29. The van der Waals surface area contributed by atoms with E-state index < -0.39 is 12.0 Å². The minimum atomic E-state index is -0.810. The number of amides is 2. The van der Waals surface area contributed by atoms with Gasteiger partial charge in [0.15, 0.2) is 6.10 Å². The summed E-state index contributed by atoms with van der Waals surface area (Å²) in [5.74, 6) is -0.728. The standard InChI is InChI=1S/C22H23ClN2O3/c1-13(2)12-18-19-20(28-25(18)15-8-5-4-6-9-15)22(27)24(21(19)26)17-11-7-10-16(23)14(17)3/h4-11,13,18-20H,12H2,1-3H3/t18-,19-,20+/m1/s1. The molecule has 4 rings (SSSR count). The Balaban J connectivity index is 1.72. The topological polar surface area (TPSA) is 49.9 Å². The predicted molar refractivity (Wildman–Crippen MR) is 109 cm³/mol. The molecule has 2 aromatic rings. The summed E-state index contributed by atoms with van der Waals surface area (Å²) in [6.07, 6.45) is -0.0629. The van der Waals surface area contributed by atoms with Crippen LogP contribution in [0, 0.1) is 18.8 Å². The van der Waals surface area contributed by atoms with E-state index in [1.54, 1.807) is 23.3 Å². The van der Waals surface area contributed by atoms with Crippen LogP contribution in [0.25, 0.3) is 0 Å². The van der Waals surface area contributed by atoms with Crippen LogP contribution in [0.15, 0.2) is 48.5 Å². The highest BCUT2D eigenvalue weighted by molar-refractivity contribution is 6.32. The smallest absolute Gasteiger partial charge is 0.266 e. The Bertz CT molecular complexity index is 915. The lowest BCUT2D eigenvalue weighted by Crippen LogP contribution is -2.41. The Morgan fingerprint density at radius 3 is 2.43 bits per heavy atom. The molecule has 0 bridgehead atoms. The van der Waals surface area contributed by atoms with Crippen LogP contribution in [0.1, 0.15) is 25.8 Å². The molecule has 2 aromatic carbocycles. The van der Waals surface area contributed by atoms with Crippen molar-refractivity contribution in [2.24, 2.45) is 11.8 Å². The first kappa shape index (κ1) is 19.0. The molecule has 0 unspecified atom stereocenters. The van der Waals surface area contributed by atoms with Gasteiger partial charge in [-0.3, -0.25) is 14.4 Å². The molecule has 3 atom stereocenters. The molecule has 28 heavy (non-hydrogen) atoms. The highest BCUT2D eigenvalue weighted by Crippen LogP contribution is 2.43.